The molecule has 1 aliphatic heterocycles. The van der Waals surface area contributed by atoms with E-state index in [0.29, 0.717) is 0 Å². The molecule has 1 heterocycles. The fourth-order valence-corrected chi connectivity index (χ4v) is 3.98. The highest BCUT2D eigenvalue weighted by molar-refractivity contribution is 7.89. The zero-order valence-electron chi connectivity index (χ0n) is 10.4. The third-order valence-corrected chi connectivity index (χ3v) is 5.37. The topological polar surface area (TPSA) is 74.7 Å². The van der Waals surface area contributed by atoms with Gasteiger partial charge in [0.15, 0.2) is 0 Å². The van der Waals surface area contributed by atoms with Crippen molar-refractivity contribution in [3.05, 3.63) is 29.0 Å². The van der Waals surface area contributed by atoms with E-state index in [1.165, 1.54) is 6.07 Å². The molecule has 0 spiro atoms. The summed E-state index contributed by atoms with van der Waals surface area (Å²) in [5.74, 6) is -2.18. The van der Waals surface area contributed by atoms with Crippen molar-refractivity contribution in [2.24, 2.45) is 5.92 Å². The summed E-state index contributed by atoms with van der Waals surface area (Å²) in [4.78, 5) is 10.6. The van der Waals surface area contributed by atoms with Gasteiger partial charge < -0.3 is 5.11 Å². The summed E-state index contributed by atoms with van der Waals surface area (Å²) < 4.78 is 39.1. The SMILES string of the molecule is O=C(O)C1CCN(S(=O)(=O)c2cc(F)cc(Cl)c2)CC1. The average Bonchev–Trinajstić information content (AvgIpc) is 2.37. The first-order valence-corrected chi connectivity index (χ1v) is 7.81. The summed E-state index contributed by atoms with van der Waals surface area (Å²) in [7, 11) is -3.84. The molecule has 1 aliphatic rings. The van der Waals surface area contributed by atoms with E-state index >= 15 is 0 Å². The molecule has 0 radical (unpaired) electrons. The second-order valence-corrected chi connectivity index (χ2v) is 7.00. The molecule has 0 atom stereocenters. The van der Waals surface area contributed by atoms with Gasteiger partial charge in [-0.05, 0) is 31.0 Å². The minimum atomic E-state index is -3.84. The highest BCUT2D eigenvalue weighted by Crippen LogP contribution is 2.26. The number of rotatable bonds is 3. The van der Waals surface area contributed by atoms with Crippen molar-refractivity contribution >= 4 is 27.6 Å². The fraction of sp³-hybridized carbons (Fsp3) is 0.417. The van der Waals surface area contributed by atoms with Crippen LogP contribution in [0, 0.1) is 11.7 Å². The third kappa shape index (κ3) is 3.11. The second-order valence-electron chi connectivity index (χ2n) is 4.62. The van der Waals surface area contributed by atoms with Crippen molar-refractivity contribution in [1.29, 1.82) is 0 Å². The van der Waals surface area contributed by atoms with Crippen molar-refractivity contribution < 1.29 is 22.7 Å². The summed E-state index contributed by atoms with van der Waals surface area (Å²) in [5, 5.41) is 8.89. The van der Waals surface area contributed by atoms with E-state index in [2.05, 4.69) is 0 Å². The van der Waals surface area contributed by atoms with E-state index in [-0.39, 0.29) is 35.8 Å². The van der Waals surface area contributed by atoms with Crippen molar-refractivity contribution in [2.45, 2.75) is 17.7 Å². The lowest BCUT2D eigenvalue weighted by Crippen LogP contribution is -2.40. The molecule has 1 N–H and O–H groups in total. The van der Waals surface area contributed by atoms with Gasteiger partial charge in [0.2, 0.25) is 10.0 Å². The molecule has 0 unspecified atom stereocenters. The van der Waals surface area contributed by atoms with Crippen LogP contribution in [0.4, 0.5) is 4.39 Å². The van der Waals surface area contributed by atoms with E-state index in [4.69, 9.17) is 16.7 Å². The summed E-state index contributed by atoms with van der Waals surface area (Å²) in [6.45, 7) is 0.209. The van der Waals surface area contributed by atoms with Crippen LogP contribution in [-0.2, 0) is 14.8 Å². The quantitative estimate of drug-likeness (QED) is 0.923. The van der Waals surface area contributed by atoms with Gasteiger partial charge in [0.1, 0.15) is 5.82 Å². The molecule has 8 heteroatoms. The minimum absolute atomic E-state index is 0.00370. The molecular weight excluding hydrogens is 309 g/mol. The number of piperidine rings is 1. The Hall–Kier alpha value is -1.18. The lowest BCUT2D eigenvalue weighted by Gasteiger charge is -2.29. The highest BCUT2D eigenvalue weighted by Gasteiger charge is 2.32. The van der Waals surface area contributed by atoms with E-state index in [0.717, 1.165) is 16.4 Å². The first-order chi connectivity index (χ1) is 9.30. The van der Waals surface area contributed by atoms with Crippen LogP contribution in [0.5, 0.6) is 0 Å². The maximum Gasteiger partial charge on any atom is 0.306 e. The van der Waals surface area contributed by atoms with E-state index in [1.807, 2.05) is 0 Å². The lowest BCUT2D eigenvalue weighted by molar-refractivity contribution is -0.142. The van der Waals surface area contributed by atoms with Crippen LogP contribution in [0.1, 0.15) is 12.8 Å². The average molecular weight is 322 g/mol. The standard InChI is InChI=1S/C12H13ClFNO4S/c13-9-5-10(14)7-11(6-9)20(18,19)15-3-1-8(2-4-15)12(16)17/h5-8H,1-4H2,(H,16,17). The number of hydrogen-bond acceptors (Lipinski definition) is 3. The van der Waals surface area contributed by atoms with Crippen molar-refractivity contribution in [1.82, 2.24) is 4.31 Å². The number of benzene rings is 1. The highest BCUT2D eigenvalue weighted by atomic mass is 35.5. The Labute approximate surface area is 121 Å². The van der Waals surface area contributed by atoms with Crippen molar-refractivity contribution in [3.63, 3.8) is 0 Å². The molecule has 0 saturated carbocycles. The summed E-state index contributed by atoms with van der Waals surface area (Å²) in [6, 6.07) is 3.12. The van der Waals surface area contributed by atoms with Gasteiger partial charge in [0, 0.05) is 18.1 Å². The zero-order valence-corrected chi connectivity index (χ0v) is 12.0. The van der Waals surface area contributed by atoms with Crippen LogP contribution in [0.3, 0.4) is 0 Å². The number of carbonyl (C=O) groups is 1. The normalized spacial score (nSPS) is 18.1. The van der Waals surface area contributed by atoms with E-state index < -0.39 is 27.7 Å². The first kappa shape index (κ1) is 15.2. The molecule has 0 aliphatic carbocycles. The Balaban J connectivity index is 2.21. The van der Waals surface area contributed by atoms with E-state index in [1.54, 1.807) is 0 Å². The van der Waals surface area contributed by atoms with Gasteiger partial charge in [-0.1, -0.05) is 11.6 Å². The maximum absolute atomic E-state index is 13.2. The number of carboxylic acids is 1. The number of hydrogen-bond donors (Lipinski definition) is 1. The largest absolute Gasteiger partial charge is 0.481 e. The monoisotopic (exact) mass is 321 g/mol. The van der Waals surface area contributed by atoms with Crippen LogP contribution in [-0.4, -0.2) is 36.9 Å². The Morgan fingerprint density at radius 1 is 1.30 bits per heavy atom. The van der Waals surface area contributed by atoms with Gasteiger partial charge in [-0.3, -0.25) is 4.79 Å². The molecular formula is C12H13ClFNO4S. The van der Waals surface area contributed by atoms with E-state index in [9.17, 15) is 17.6 Å². The van der Waals surface area contributed by atoms with Gasteiger partial charge in [-0.15, -0.1) is 0 Å². The summed E-state index contributed by atoms with van der Waals surface area (Å²) in [6.07, 6.45) is 0.495. The van der Waals surface area contributed by atoms with Crippen LogP contribution in [0.25, 0.3) is 0 Å². The molecule has 1 saturated heterocycles. The minimum Gasteiger partial charge on any atom is -0.481 e. The lowest BCUT2D eigenvalue weighted by atomic mass is 9.99. The first-order valence-electron chi connectivity index (χ1n) is 6.00. The second kappa shape index (κ2) is 5.67. The molecule has 5 nitrogen and oxygen atoms in total. The number of sulfonamides is 1. The van der Waals surface area contributed by atoms with Crippen LogP contribution >= 0.6 is 11.6 Å². The fourth-order valence-electron chi connectivity index (χ4n) is 2.17. The smallest absolute Gasteiger partial charge is 0.306 e. The summed E-state index contributed by atoms with van der Waals surface area (Å²) in [5.41, 5.74) is 0. The predicted molar refractivity (Wildman–Crippen MR) is 70.5 cm³/mol. The van der Waals surface area contributed by atoms with Gasteiger partial charge in [-0.25, -0.2) is 12.8 Å². The number of halogens is 2. The predicted octanol–water partition coefficient (Wildman–Crippen LogP) is 1.96. The molecule has 0 bridgehead atoms. The maximum atomic E-state index is 13.2. The zero-order chi connectivity index (χ0) is 14.9. The Morgan fingerprint density at radius 2 is 1.90 bits per heavy atom. The Bertz CT molecular complexity index is 606. The molecule has 1 aromatic rings. The van der Waals surface area contributed by atoms with Crippen molar-refractivity contribution in [2.75, 3.05) is 13.1 Å². The van der Waals surface area contributed by atoms with Gasteiger partial charge >= 0.3 is 5.97 Å². The molecule has 1 aromatic carbocycles. The molecule has 110 valence electrons. The van der Waals surface area contributed by atoms with Crippen LogP contribution < -0.4 is 0 Å². The van der Waals surface area contributed by atoms with Gasteiger partial charge in [-0.2, -0.15) is 4.31 Å². The number of nitrogens with zero attached hydrogens (tertiary/aromatic N) is 1. The Kier molecular flexibility index (Phi) is 4.31. The molecule has 1 fully saturated rings. The van der Waals surface area contributed by atoms with Crippen molar-refractivity contribution in [3.8, 4) is 0 Å². The van der Waals surface area contributed by atoms with Crippen LogP contribution in [0.2, 0.25) is 5.02 Å². The Morgan fingerprint density at radius 3 is 2.40 bits per heavy atom. The van der Waals surface area contributed by atoms with Gasteiger partial charge in [0.25, 0.3) is 0 Å². The third-order valence-electron chi connectivity index (χ3n) is 3.28. The number of aliphatic carboxylic acids is 1. The number of carboxylic acid groups (broad SMARTS) is 1. The summed E-state index contributed by atoms with van der Waals surface area (Å²) >= 11 is 5.66. The molecule has 2 rings (SSSR count). The molecule has 20 heavy (non-hydrogen) atoms. The van der Waals surface area contributed by atoms with Gasteiger partial charge in [0.05, 0.1) is 10.8 Å². The molecule has 0 aromatic heterocycles. The molecule has 0 amide bonds. The van der Waals surface area contributed by atoms with Crippen LogP contribution in [0.15, 0.2) is 23.1 Å².